The van der Waals surface area contributed by atoms with Crippen LogP contribution in [0.25, 0.3) is 0 Å². The van der Waals surface area contributed by atoms with Crippen LogP contribution in [0.3, 0.4) is 0 Å². The number of pyridine rings is 1. The van der Waals surface area contributed by atoms with Crippen molar-refractivity contribution >= 4 is 11.8 Å². The van der Waals surface area contributed by atoms with Crippen LogP contribution in [0, 0.1) is 5.92 Å². The van der Waals surface area contributed by atoms with Crippen LogP contribution in [0.1, 0.15) is 53.1 Å². The second-order valence-corrected chi connectivity index (χ2v) is 9.47. The summed E-state index contributed by atoms with van der Waals surface area (Å²) in [6.07, 6.45) is 8.74. The molecule has 1 aliphatic carbocycles. The summed E-state index contributed by atoms with van der Waals surface area (Å²) < 4.78 is 17.2. The molecule has 0 aromatic carbocycles. The number of carbonyl (C=O) groups is 2. The van der Waals surface area contributed by atoms with Crippen LogP contribution in [-0.2, 0) is 33.7 Å². The molecule has 0 unspecified atom stereocenters. The van der Waals surface area contributed by atoms with Gasteiger partial charge in [-0.3, -0.25) is 14.6 Å². The Kier molecular flexibility index (Phi) is 7.20. The molecule has 1 atom stereocenters. The van der Waals surface area contributed by atoms with Crippen LogP contribution in [0.2, 0.25) is 0 Å². The Labute approximate surface area is 199 Å². The molecule has 0 saturated carbocycles. The van der Waals surface area contributed by atoms with Crippen molar-refractivity contribution in [3.63, 3.8) is 0 Å². The number of hydrogen-bond acceptors (Lipinski definition) is 7. The molecule has 0 N–H and O–H groups in total. The Bertz CT molecular complexity index is 988. The molecule has 0 radical (unpaired) electrons. The molecule has 9 nitrogen and oxygen atoms in total. The molecule has 3 aliphatic rings. The van der Waals surface area contributed by atoms with Gasteiger partial charge >= 0.3 is 0 Å². The fourth-order valence-corrected chi connectivity index (χ4v) is 5.06. The Morgan fingerprint density at radius 1 is 1.18 bits per heavy atom. The highest BCUT2D eigenvalue weighted by Gasteiger charge is 2.35. The van der Waals surface area contributed by atoms with Crippen molar-refractivity contribution < 1.29 is 23.6 Å². The molecule has 2 amide bonds. The normalized spacial score (nSPS) is 21.9. The standard InChI is InChI=1S/C25H32N4O5/c30-23-16-29(25(31)24-21-5-1-2-6-22(21)34-27-24)15-20(33-17-19-4-3-9-26-12-19)14-28(23)13-18-7-10-32-11-8-18/h3-4,9,12,18,20H,1-2,5-8,10-11,13-17H2/t20-/m0/s1. The summed E-state index contributed by atoms with van der Waals surface area (Å²) in [5, 5.41) is 4.11. The second kappa shape index (κ2) is 10.7. The number of aromatic nitrogens is 2. The van der Waals surface area contributed by atoms with E-state index in [9.17, 15) is 9.59 Å². The molecule has 182 valence electrons. The first kappa shape index (κ1) is 23.0. The van der Waals surface area contributed by atoms with Gasteiger partial charge < -0.3 is 23.8 Å². The number of nitrogens with zero attached hydrogens (tertiary/aromatic N) is 4. The third-order valence-corrected chi connectivity index (χ3v) is 6.99. The smallest absolute Gasteiger partial charge is 0.276 e. The highest BCUT2D eigenvalue weighted by atomic mass is 16.5. The van der Waals surface area contributed by atoms with Crippen molar-refractivity contribution in [3.8, 4) is 0 Å². The van der Waals surface area contributed by atoms with Crippen molar-refractivity contribution in [2.24, 2.45) is 5.92 Å². The van der Waals surface area contributed by atoms with E-state index in [0.717, 1.165) is 68.6 Å². The fraction of sp³-hybridized carbons (Fsp3) is 0.600. The van der Waals surface area contributed by atoms with E-state index >= 15 is 0 Å². The Morgan fingerprint density at radius 2 is 2.03 bits per heavy atom. The number of aryl methyl sites for hydroxylation is 1. The van der Waals surface area contributed by atoms with Gasteiger partial charge in [0.1, 0.15) is 12.3 Å². The van der Waals surface area contributed by atoms with E-state index in [0.29, 0.717) is 37.9 Å². The van der Waals surface area contributed by atoms with Gasteiger partial charge in [0.25, 0.3) is 5.91 Å². The number of ether oxygens (including phenoxy) is 2. The van der Waals surface area contributed by atoms with Crippen molar-refractivity contribution in [1.29, 1.82) is 0 Å². The molecular weight excluding hydrogens is 436 g/mol. The summed E-state index contributed by atoms with van der Waals surface area (Å²) >= 11 is 0. The maximum Gasteiger partial charge on any atom is 0.276 e. The molecule has 2 aromatic rings. The summed E-state index contributed by atoms with van der Waals surface area (Å²) in [6.45, 7) is 3.31. The highest BCUT2D eigenvalue weighted by molar-refractivity contribution is 5.96. The average molecular weight is 469 g/mol. The van der Waals surface area contributed by atoms with Gasteiger partial charge in [-0.05, 0) is 49.7 Å². The van der Waals surface area contributed by atoms with Crippen molar-refractivity contribution in [2.45, 2.75) is 51.2 Å². The van der Waals surface area contributed by atoms with Crippen LogP contribution in [0.4, 0.5) is 0 Å². The first-order chi connectivity index (χ1) is 16.7. The summed E-state index contributed by atoms with van der Waals surface area (Å²) in [6, 6.07) is 3.83. The SMILES string of the molecule is O=C1CN(C(=O)c2noc3c2CCCC3)C[C@@H](OCc2cccnc2)CN1CC1CCOCC1. The molecule has 5 rings (SSSR count). The van der Waals surface area contributed by atoms with E-state index in [4.69, 9.17) is 14.0 Å². The fourth-order valence-electron chi connectivity index (χ4n) is 5.06. The first-order valence-corrected chi connectivity index (χ1v) is 12.3. The molecule has 2 saturated heterocycles. The van der Waals surface area contributed by atoms with Gasteiger partial charge in [-0.2, -0.15) is 0 Å². The lowest BCUT2D eigenvalue weighted by Gasteiger charge is -2.30. The van der Waals surface area contributed by atoms with Crippen LogP contribution < -0.4 is 0 Å². The van der Waals surface area contributed by atoms with Crippen LogP contribution in [-0.4, -0.2) is 77.3 Å². The monoisotopic (exact) mass is 468 g/mol. The predicted octanol–water partition coefficient (Wildman–Crippen LogP) is 2.24. The maximum absolute atomic E-state index is 13.5. The molecule has 0 spiro atoms. The first-order valence-electron chi connectivity index (χ1n) is 12.3. The molecule has 9 heteroatoms. The van der Waals surface area contributed by atoms with E-state index in [-0.39, 0.29) is 24.5 Å². The minimum absolute atomic E-state index is 0.0242. The lowest BCUT2D eigenvalue weighted by Crippen LogP contribution is -2.42. The lowest BCUT2D eigenvalue weighted by atomic mass is 9.96. The van der Waals surface area contributed by atoms with Gasteiger partial charge in [0.05, 0.1) is 12.7 Å². The Balaban J connectivity index is 1.33. The number of amides is 2. The number of carbonyl (C=O) groups excluding carboxylic acids is 2. The third kappa shape index (κ3) is 5.31. The maximum atomic E-state index is 13.5. The van der Waals surface area contributed by atoms with E-state index in [1.54, 1.807) is 17.3 Å². The van der Waals surface area contributed by atoms with Gasteiger partial charge in [-0.1, -0.05) is 11.2 Å². The predicted molar refractivity (Wildman–Crippen MR) is 122 cm³/mol. The molecule has 2 fully saturated rings. The van der Waals surface area contributed by atoms with Gasteiger partial charge in [0.15, 0.2) is 5.69 Å². The lowest BCUT2D eigenvalue weighted by molar-refractivity contribution is -0.132. The van der Waals surface area contributed by atoms with Crippen LogP contribution in [0.5, 0.6) is 0 Å². The minimum Gasteiger partial charge on any atom is -0.381 e. The third-order valence-electron chi connectivity index (χ3n) is 6.99. The summed E-state index contributed by atoms with van der Waals surface area (Å²) in [5.41, 5.74) is 2.21. The summed E-state index contributed by atoms with van der Waals surface area (Å²) in [5.74, 6) is 0.913. The van der Waals surface area contributed by atoms with E-state index in [2.05, 4.69) is 10.1 Å². The van der Waals surface area contributed by atoms with E-state index in [1.807, 2.05) is 17.0 Å². The van der Waals surface area contributed by atoms with Gasteiger partial charge in [-0.15, -0.1) is 0 Å². The molecule has 0 bridgehead atoms. The topological polar surface area (TPSA) is 98.0 Å². The molecule has 4 heterocycles. The number of rotatable bonds is 6. The van der Waals surface area contributed by atoms with Crippen molar-refractivity contribution in [2.75, 3.05) is 39.4 Å². The molecule has 34 heavy (non-hydrogen) atoms. The van der Waals surface area contributed by atoms with Gasteiger partial charge in [-0.25, -0.2) is 0 Å². The molecule has 2 aromatic heterocycles. The highest BCUT2D eigenvalue weighted by Crippen LogP contribution is 2.26. The van der Waals surface area contributed by atoms with E-state index in [1.165, 1.54) is 0 Å². The van der Waals surface area contributed by atoms with Crippen molar-refractivity contribution in [1.82, 2.24) is 19.9 Å². The quantitative estimate of drug-likeness (QED) is 0.641. The largest absolute Gasteiger partial charge is 0.381 e. The van der Waals surface area contributed by atoms with Crippen LogP contribution in [0.15, 0.2) is 29.0 Å². The molecule has 2 aliphatic heterocycles. The van der Waals surface area contributed by atoms with Gasteiger partial charge in [0.2, 0.25) is 5.91 Å². The summed E-state index contributed by atoms with van der Waals surface area (Å²) in [7, 11) is 0. The Morgan fingerprint density at radius 3 is 2.85 bits per heavy atom. The second-order valence-electron chi connectivity index (χ2n) is 9.47. The molecular formula is C25H32N4O5. The summed E-state index contributed by atoms with van der Waals surface area (Å²) in [4.78, 5) is 34.4. The zero-order valence-electron chi connectivity index (χ0n) is 19.5. The number of hydrogen-bond donors (Lipinski definition) is 0. The number of fused-ring (bicyclic) bond motifs is 1. The van der Waals surface area contributed by atoms with Crippen molar-refractivity contribution in [3.05, 3.63) is 47.1 Å². The Hall–Kier alpha value is -2.78. The average Bonchev–Trinajstić information content (AvgIpc) is 3.24. The zero-order chi connectivity index (χ0) is 23.3. The van der Waals surface area contributed by atoms with E-state index < -0.39 is 0 Å². The zero-order valence-corrected chi connectivity index (χ0v) is 19.5. The van der Waals surface area contributed by atoms with Gasteiger partial charge in [0, 0.05) is 57.2 Å². The minimum atomic E-state index is -0.307. The van der Waals surface area contributed by atoms with Crippen LogP contribution >= 0.6 is 0 Å².